The summed E-state index contributed by atoms with van der Waals surface area (Å²) in [6, 6.07) is 8.84. The molecule has 0 aliphatic carbocycles. The van der Waals surface area contributed by atoms with Crippen molar-refractivity contribution in [2.75, 3.05) is 13.1 Å². The molecule has 0 aromatic heterocycles. The number of benzene rings is 1. The Labute approximate surface area is 90.6 Å². The molecule has 15 heavy (non-hydrogen) atoms. The molecule has 0 saturated heterocycles. The predicted molar refractivity (Wildman–Crippen MR) is 63.0 cm³/mol. The minimum atomic E-state index is 0.300. The van der Waals surface area contributed by atoms with Crippen LogP contribution < -0.4 is 10.6 Å². The van der Waals surface area contributed by atoms with E-state index in [-0.39, 0.29) is 0 Å². The summed E-state index contributed by atoms with van der Waals surface area (Å²) in [6.07, 6.45) is 0. The number of guanidine groups is 1. The fourth-order valence-corrected chi connectivity index (χ4v) is 1.72. The zero-order chi connectivity index (χ0) is 10.7. The summed E-state index contributed by atoms with van der Waals surface area (Å²) in [5, 5.41) is 6.57. The lowest BCUT2D eigenvalue weighted by molar-refractivity contribution is 0.701. The molecule has 1 aliphatic rings. The van der Waals surface area contributed by atoms with Gasteiger partial charge in [-0.15, -0.1) is 0 Å². The lowest BCUT2D eigenvalue weighted by Gasteiger charge is -2.15. The molecule has 0 unspecified atom stereocenters. The molecule has 1 aliphatic heterocycles. The number of rotatable bonds is 2. The molecule has 1 aromatic carbocycles. The maximum Gasteiger partial charge on any atom is 0.191 e. The molecule has 2 rings (SSSR count). The van der Waals surface area contributed by atoms with Crippen molar-refractivity contribution in [2.45, 2.75) is 19.9 Å². The molecule has 0 fully saturated rings. The fraction of sp³-hybridized carbons (Fsp3) is 0.417. The Hall–Kier alpha value is -1.51. The van der Waals surface area contributed by atoms with Gasteiger partial charge in [-0.25, -0.2) is 0 Å². The molecule has 2 N–H and O–H groups in total. The van der Waals surface area contributed by atoms with Gasteiger partial charge in [0.1, 0.15) is 0 Å². The van der Waals surface area contributed by atoms with E-state index in [1.807, 2.05) is 0 Å². The van der Waals surface area contributed by atoms with Crippen molar-refractivity contribution < 1.29 is 0 Å². The monoisotopic (exact) mass is 203 g/mol. The van der Waals surface area contributed by atoms with Gasteiger partial charge in [-0.1, -0.05) is 29.8 Å². The highest BCUT2D eigenvalue weighted by Crippen LogP contribution is 2.13. The normalized spacial score (nSPS) is 16.8. The summed E-state index contributed by atoms with van der Waals surface area (Å²) in [4.78, 5) is 4.32. The van der Waals surface area contributed by atoms with Crippen molar-refractivity contribution in [3.05, 3.63) is 35.4 Å². The summed E-state index contributed by atoms with van der Waals surface area (Å²) in [7, 11) is 0. The van der Waals surface area contributed by atoms with Crippen LogP contribution in [0.2, 0.25) is 0 Å². The summed E-state index contributed by atoms with van der Waals surface area (Å²) >= 11 is 0. The van der Waals surface area contributed by atoms with E-state index < -0.39 is 0 Å². The Morgan fingerprint density at radius 2 is 2.33 bits per heavy atom. The fourth-order valence-electron chi connectivity index (χ4n) is 1.72. The number of nitrogens with one attached hydrogen (secondary N) is 2. The van der Waals surface area contributed by atoms with Gasteiger partial charge in [0.05, 0.1) is 12.6 Å². The molecule has 3 nitrogen and oxygen atoms in total. The number of hydrogen-bond donors (Lipinski definition) is 2. The van der Waals surface area contributed by atoms with Crippen molar-refractivity contribution in [3.63, 3.8) is 0 Å². The van der Waals surface area contributed by atoms with Gasteiger partial charge >= 0.3 is 0 Å². The highest BCUT2D eigenvalue weighted by Gasteiger charge is 2.10. The Bertz CT molecular complexity index is 371. The molecule has 0 bridgehead atoms. The molecule has 0 amide bonds. The number of hydrogen-bond acceptors (Lipinski definition) is 3. The van der Waals surface area contributed by atoms with E-state index in [1.165, 1.54) is 11.1 Å². The van der Waals surface area contributed by atoms with Gasteiger partial charge < -0.3 is 10.6 Å². The van der Waals surface area contributed by atoms with Crippen molar-refractivity contribution in [1.82, 2.24) is 10.6 Å². The topological polar surface area (TPSA) is 36.4 Å². The molecule has 1 heterocycles. The molecule has 1 aromatic rings. The van der Waals surface area contributed by atoms with Gasteiger partial charge in [-0.2, -0.15) is 0 Å². The third-order valence-corrected chi connectivity index (χ3v) is 2.57. The predicted octanol–water partition coefficient (Wildman–Crippen LogP) is 1.60. The zero-order valence-corrected chi connectivity index (χ0v) is 9.25. The van der Waals surface area contributed by atoms with Crippen LogP contribution in [0.25, 0.3) is 0 Å². The van der Waals surface area contributed by atoms with Gasteiger partial charge in [0.15, 0.2) is 5.96 Å². The van der Waals surface area contributed by atoms with Crippen molar-refractivity contribution in [3.8, 4) is 0 Å². The Morgan fingerprint density at radius 3 is 3.00 bits per heavy atom. The van der Waals surface area contributed by atoms with Crippen molar-refractivity contribution >= 4 is 5.96 Å². The first-order chi connectivity index (χ1) is 7.25. The summed E-state index contributed by atoms with van der Waals surface area (Å²) in [5.74, 6) is 0.920. The van der Waals surface area contributed by atoms with Crippen LogP contribution in [-0.4, -0.2) is 19.0 Å². The summed E-state index contributed by atoms with van der Waals surface area (Å²) in [6.45, 7) is 6.09. The smallest absolute Gasteiger partial charge is 0.191 e. The van der Waals surface area contributed by atoms with Crippen LogP contribution >= 0.6 is 0 Å². The molecule has 3 heteroatoms. The first kappa shape index (κ1) is 10.0. The Balaban J connectivity index is 2.04. The number of nitrogens with zero attached hydrogens (tertiary/aromatic N) is 1. The minimum Gasteiger partial charge on any atom is -0.355 e. The van der Waals surface area contributed by atoms with Crippen molar-refractivity contribution in [1.29, 1.82) is 0 Å². The average molecular weight is 203 g/mol. The van der Waals surface area contributed by atoms with Gasteiger partial charge in [0.25, 0.3) is 0 Å². The maximum absolute atomic E-state index is 4.32. The number of aryl methyl sites for hydroxylation is 1. The first-order valence-corrected chi connectivity index (χ1v) is 5.37. The van der Waals surface area contributed by atoms with E-state index in [0.717, 1.165) is 19.0 Å². The van der Waals surface area contributed by atoms with E-state index in [0.29, 0.717) is 6.04 Å². The molecule has 0 spiro atoms. The second-order valence-electron chi connectivity index (χ2n) is 3.94. The number of aliphatic imine (C=N–C) groups is 1. The molecule has 0 saturated carbocycles. The van der Waals surface area contributed by atoms with Crippen molar-refractivity contribution in [2.24, 2.45) is 4.99 Å². The zero-order valence-electron chi connectivity index (χ0n) is 9.25. The van der Waals surface area contributed by atoms with Gasteiger partial charge in [-0.05, 0) is 19.4 Å². The van der Waals surface area contributed by atoms with E-state index in [2.05, 4.69) is 53.7 Å². The Morgan fingerprint density at radius 1 is 1.47 bits per heavy atom. The Kier molecular flexibility index (Phi) is 2.90. The van der Waals surface area contributed by atoms with E-state index in [4.69, 9.17) is 0 Å². The van der Waals surface area contributed by atoms with Crippen LogP contribution in [0.1, 0.15) is 24.1 Å². The highest BCUT2D eigenvalue weighted by molar-refractivity contribution is 5.81. The van der Waals surface area contributed by atoms with Crippen LogP contribution in [0.4, 0.5) is 0 Å². The summed E-state index contributed by atoms with van der Waals surface area (Å²) in [5.41, 5.74) is 2.59. The molecule has 1 atom stereocenters. The van der Waals surface area contributed by atoms with Gasteiger partial charge in [-0.3, -0.25) is 4.99 Å². The van der Waals surface area contributed by atoms with Crippen LogP contribution in [0.5, 0.6) is 0 Å². The van der Waals surface area contributed by atoms with E-state index >= 15 is 0 Å². The van der Waals surface area contributed by atoms with E-state index in [9.17, 15) is 0 Å². The lowest BCUT2D eigenvalue weighted by Crippen LogP contribution is -2.35. The molecular formula is C12H17N3. The highest BCUT2D eigenvalue weighted by atomic mass is 15.2. The van der Waals surface area contributed by atoms with Crippen LogP contribution in [0.3, 0.4) is 0 Å². The average Bonchev–Trinajstić information content (AvgIpc) is 2.70. The first-order valence-electron chi connectivity index (χ1n) is 5.37. The molecule has 0 radical (unpaired) electrons. The van der Waals surface area contributed by atoms with Crippen LogP contribution in [0, 0.1) is 6.92 Å². The quantitative estimate of drug-likeness (QED) is 0.766. The largest absolute Gasteiger partial charge is 0.355 e. The maximum atomic E-state index is 4.32. The third-order valence-electron chi connectivity index (χ3n) is 2.57. The standard InChI is InChI=1S/C12H17N3/c1-9-4-3-5-11(8-9)10(2)15-12-13-6-7-14-12/h3-5,8,10H,6-7H2,1-2H3,(H2,13,14,15)/t10-/m1/s1. The molecule has 80 valence electrons. The SMILES string of the molecule is Cc1cccc([C@@H](C)NC2=NCCN2)c1. The van der Waals surface area contributed by atoms with Crippen LogP contribution in [0.15, 0.2) is 29.3 Å². The summed E-state index contributed by atoms with van der Waals surface area (Å²) < 4.78 is 0. The molecular weight excluding hydrogens is 186 g/mol. The van der Waals surface area contributed by atoms with Crippen LogP contribution in [-0.2, 0) is 0 Å². The van der Waals surface area contributed by atoms with Gasteiger partial charge in [0, 0.05) is 6.54 Å². The lowest BCUT2D eigenvalue weighted by atomic mass is 10.1. The third kappa shape index (κ3) is 2.49. The van der Waals surface area contributed by atoms with E-state index in [1.54, 1.807) is 0 Å². The minimum absolute atomic E-state index is 0.300. The van der Waals surface area contributed by atoms with Gasteiger partial charge in [0.2, 0.25) is 0 Å². The second-order valence-corrected chi connectivity index (χ2v) is 3.94. The second kappa shape index (κ2) is 4.34.